The number of aliphatic hydroxyl groups is 1. The van der Waals surface area contributed by atoms with Crippen LogP contribution in [0.1, 0.15) is 93.6 Å². The molecule has 7 heteroatoms. The molecule has 5 nitrogen and oxygen atoms in total. The fourth-order valence-electron chi connectivity index (χ4n) is 6.03. The maximum atomic E-state index is 12.2. The molecule has 6 rings (SSSR count). The van der Waals surface area contributed by atoms with Crippen molar-refractivity contribution in [2.45, 2.75) is 93.4 Å². The first kappa shape index (κ1) is 39.2. The quantitative estimate of drug-likeness (QED) is 0.0890. The number of rotatable bonds is 9. The van der Waals surface area contributed by atoms with Gasteiger partial charge >= 0.3 is 0 Å². The van der Waals surface area contributed by atoms with Crippen molar-refractivity contribution in [3.05, 3.63) is 95.8 Å². The van der Waals surface area contributed by atoms with E-state index in [-0.39, 0.29) is 47.9 Å². The first-order chi connectivity index (χ1) is 23.3. The molecular weight excluding hydrogens is 817 g/mol. The molecule has 6 aromatic rings. The molecule has 0 atom stereocenters. The van der Waals surface area contributed by atoms with Gasteiger partial charge in [-0.05, 0) is 54.0 Å². The van der Waals surface area contributed by atoms with Gasteiger partial charge in [0.1, 0.15) is 28.9 Å². The predicted molar refractivity (Wildman–Crippen MR) is 206 cm³/mol. The van der Waals surface area contributed by atoms with Crippen LogP contribution in [0.5, 0.6) is 0 Å². The van der Waals surface area contributed by atoms with Gasteiger partial charge in [0.25, 0.3) is 0 Å². The number of furan rings is 1. The van der Waals surface area contributed by atoms with E-state index in [1.54, 1.807) is 17.7 Å². The fraction of sp³-hybridized carbons (Fsp3) is 0.372. The van der Waals surface area contributed by atoms with Gasteiger partial charge in [-0.25, -0.2) is 4.98 Å². The molecule has 1 N–H and O–H groups in total. The van der Waals surface area contributed by atoms with Crippen LogP contribution in [0.4, 0.5) is 0 Å². The van der Waals surface area contributed by atoms with Gasteiger partial charge < -0.3 is 9.52 Å². The summed E-state index contributed by atoms with van der Waals surface area (Å²) in [5, 5.41) is 15.8. The zero-order chi connectivity index (χ0) is 35.6. The van der Waals surface area contributed by atoms with E-state index in [2.05, 4.69) is 96.8 Å². The van der Waals surface area contributed by atoms with Crippen LogP contribution < -0.4 is 0 Å². The molecule has 0 aliphatic heterocycles. The molecule has 0 spiro atoms. The van der Waals surface area contributed by atoms with Crippen LogP contribution in [0.3, 0.4) is 0 Å². The Morgan fingerprint density at radius 1 is 0.880 bits per heavy atom. The molecule has 0 bridgehead atoms. The van der Waals surface area contributed by atoms with Gasteiger partial charge in [0, 0.05) is 53.3 Å². The number of aliphatic hydroxyl groups excluding tert-OH is 1. The summed E-state index contributed by atoms with van der Waals surface area (Å²) in [6, 6.07) is 24.6. The molecule has 0 saturated heterocycles. The van der Waals surface area contributed by atoms with E-state index in [1.165, 1.54) is 27.1 Å². The number of hydrogen-bond donors (Lipinski definition) is 1. The summed E-state index contributed by atoms with van der Waals surface area (Å²) < 4.78 is 7.63. The minimum atomic E-state index is -0.337. The third-order valence-electron chi connectivity index (χ3n) is 10.5. The Kier molecular flexibility index (Phi) is 12.3. The van der Waals surface area contributed by atoms with Crippen LogP contribution in [0.25, 0.3) is 54.5 Å². The molecule has 50 heavy (non-hydrogen) atoms. The molecule has 0 saturated carbocycles. The van der Waals surface area contributed by atoms with E-state index in [0.717, 1.165) is 59.2 Å². The van der Waals surface area contributed by atoms with Crippen molar-refractivity contribution in [3.8, 4) is 22.6 Å². The molecule has 0 amide bonds. The van der Waals surface area contributed by atoms with Crippen LogP contribution in [0, 0.1) is 16.9 Å². The Balaban J connectivity index is 0.000000269. The third-order valence-corrected chi connectivity index (χ3v) is 11.5. The molecule has 0 aliphatic rings. The molecule has 0 unspecified atom stereocenters. The standard InChI is InChI=1S/C28H21N2OS.C15H28O2.Ir/c1-28(2,3)22-14-19(13-18-7-4-5-9-20(18)22)25-26-23(29-16-30-25)15-24(31-26)21-10-6-8-17-11-12-32-27(17)21;1-7-14(5,8-2)12(16)11-13(17)15(6,9-3)10-4;/h4-12,14-16H,1-3H3;11,16H,7-10H2,1-6H3;/q-1;;/b;12-11-;. The number of aromatic nitrogens is 2. The summed E-state index contributed by atoms with van der Waals surface area (Å²) >= 11 is 1.72. The second kappa shape index (κ2) is 15.7. The number of fused-ring (bicyclic) bond motifs is 3. The monoisotopic (exact) mass is 866 g/mol. The molecule has 1 radical (unpaired) electrons. The van der Waals surface area contributed by atoms with Gasteiger partial charge in [0.05, 0.1) is 5.69 Å². The molecule has 0 aliphatic carbocycles. The first-order valence-electron chi connectivity index (χ1n) is 17.4. The topological polar surface area (TPSA) is 76.2 Å². The maximum Gasteiger partial charge on any atom is 0.164 e. The number of allylic oxidation sites excluding steroid dienone is 2. The first-order valence-corrected chi connectivity index (χ1v) is 18.3. The Labute approximate surface area is 314 Å². The number of carbonyl (C=O) groups excluding carboxylic acids is 1. The van der Waals surface area contributed by atoms with Crippen molar-refractivity contribution < 1.29 is 34.4 Å². The largest absolute Gasteiger partial charge is 0.512 e. The molecular formula is C43H49IrN2O3S-. The minimum absolute atomic E-state index is 0. The summed E-state index contributed by atoms with van der Waals surface area (Å²) in [6.07, 6.45) is 6.37. The number of hydrogen-bond acceptors (Lipinski definition) is 6. The van der Waals surface area contributed by atoms with E-state index in [0.29, 0.717) is 5.58 Å². The Bertz CT molecular complexity index is 2130. The Morgan fingerprint density at radius 3 is 2.22 bits per heavy atom. The van der Waals surface area contributed by atoms with Crippen LogP contribution in [0.15, 0.2) is 88.6 Å². The SMILES string of the molecule is CC(C)(C)c1cc(-c2ncnc3cc(-c4cccc5ccsc45)oc23)[c-]c2ccccc12.CCC(C)(CC)C(=O)/C=C(\O)C(C)(CC)CC.[Ir]. The number of carbonyl (C=O) groups is 1. The van der Waals surface area contributed by atoms with Gasteiger partial charge in [0.15, 0.2) is 5.78 Å². The van der Waals surface area contributed by atoms with Crippen LogP contribution in [-0.4, -0.2) is 20.9 Å². The average molecular weight is 866 g/mol. The predicted octanol–water partition coefficient (Wildman–Crippen LogP) is 12.7. The number of benzene rings is 3. The zero-order valence-corrected chi connectivity index (χ0v) is 33.9. The smallest absolute Gasteiger partial charge is 0.164 e. The summed E-state index contributed by atoms with van der Waals surface area (Å²) in [5.74, 6) is 1.10. The molecule has 3 aromatic carbocycles. The summed E-state index contributed by atoms with van der Waals surface area (Å²) in [5.41, 5.74) is 4.93. The van der Waals surface area contributed by atoms with Crippen molar-refractivity contribution >= 4 is 49.1 Å². The Hall–Kier alpha value is -3.64. The van der Waals surface area contributed by atoms with Gasteiger partial charge in [0.2, 0.25) is 0 Å². The molecule has 265 valence electrons. The van der Waals surface area contributed by atoms with E-state index in [9.17, 15) is 9.90 Å². The maximum absolute atomic E-state index is 12.2. The third kappa shape index (κ3) is 7.81. The molecule has 0 fully saturated rings. The summed E-state index contributed by atoms with van der Waals surface area (Å²) in [7, 11) is 0. The number of nitrogens with zero attached hydrogens (tertiary/aromatic N) is 2. The molecule has 3 heterocycles. The van der Waals surface area contributed by atoms with Gasteiger partial charge in [-0.1, -0.05) is 104 Å². The van der Waals surface area contributed by atoms with E-state index >= 15 is 0 Å². The minimum Gasteiger partial charge on any atom is -0.512 e. The van der Waals surface area contributed by atoms with Crippen molar-refractivity contribution in [2.24, 2.45) is 10.8 Å². The van der Waals surface area contributed by atoms with Crippen molar-refractivity contribution in [1.29, 1.82) is 0 Å². The summed E-state index contributed by atoms with van der Waals surface area (Å²) in [6.45, 7) is 18.8. The van der Waals surface area contributed by atoms with Gasteiger partial charge in [-0.15, -0.1) is 40.5 Å². The average Bonchev–Trinajstić information content (AvgIpc) is 3.78. The number of ketones is 1. The number of thiophene rings is 1. The van der Waals surface area contributed by atoms with Gasteiger partial charge in [-0.3, -0.25) is 9.78 Å². The van der Waals surface area contributed by atoms with Gasteiger partial charge in [-0.2, -0.15) is 0 Å². The fourth-order valence-corrected chi connectivity index (χ4v) is 6.95. The van der Waals surface area contributed by atoms with Crippen molar-refractivity contribution in [1.82, 2.24) is 9.97 Å². The van der Waals surface area contributed by atoms with Crippen LogP contribution in [0.2, 0.25) is 0 Å². The zero-order valence-electron chi connectivity index (χ0n) is 30.7. The molecule has 3 aromatic heterocycles. The van der Waals surface area contributed by atoms with E-state index < -0.39 is 0 Å². The van der Waals surface area contributed by atoms with E-state index in [4.69, 9.17) is 4.42 Å². The van der Waals surface area contributed by atoms with Crippen molar-refractivity contribution in [3.63, 3.8) is 0 Å². The second-order valence-electron chi connectivity index (χ2n) is 14.5. The van der Waals surface area contributed by atoms with Crippen molar-refractivity contribution in [2.75, 3.05) is 0 Å². The normalized spacial score (nSPS) is 12.5. The van der Waals surface area contributed by atoms with E-state index in [1.807, 2.05) is 47.6 Å². The van der Waals surface area contributed by atoms with Crippen LogP contribution in [-0.2, 0) is 30.3 Å². The Morgan fingerprint density at radius 2 is 1.56 bits per heavy atom. The van der Waals surface area contributed by atoms with Crippen LogP contribution >= 0.6 is 11.3 Å². The second-order valence-corrected chi connectivity index (χ2v) is 15.4. The summed E-state index contributed by atoms with van der Waals surface area (Å²) in [4.78, 5) is 21.3.